The van der Waals surface area contributed by atoms with Gasteiger partial charge >= 0.3 is 0 Å². The van der Waals surface area contributed by atoms with Gasteiger partial charge in [0.15, 0.2) is 0 Å². The standard InChI is InChI=1S/C6H13NO2S/c1-5(2)10(4,9)7-6(3)8/h5H,1-4H3. The van der Waals surface area contributed by atoms with E-state index in [2.05, 4.69) is 4.36 Å². The Balaban J connectivity index is 4.73. The molecule has 0 heterocycles. The molecule has 4 heteroatoms. The molecule has 0 aliphatic rings. The largest absolute Gasteiger partial charge is 0.272 e. The smallest absolute Gasteiger partial charge is 0.250 e. The Morgan fingerprint density at radius 1 is 1.50 bits per heavy atom. The predicted molar refractivity (Wildman–Crippen MR) is 42.3 cm³/mol. The minimum Gasteiger partial charge on any atom is -0.272 e. The fourth-order valence-electron chi connectivity index (χ4n) is 0.361. The second-order valence-electron chi connectivity index (χ2n) is 2.52. The first-order valence-electron chi connectivity index (χ1n) is 3.08. The number of hydrogen-bond acceptors (Lipinski definition) is 2. The second-order valence-corrected chi connectivity index (χ2v) is 5.37. The fourth-order valence-corrected chi connectivity index (χ4v) is 1.08. The van der Waals surface area contributed by atoms with Crippen LogP contribution in [0, 0.1) is 0 Å². The van der Waals surface area contributed by atoms with E-state index in [-0.39, 0.29) is 11.2 Å². The van der Waals surface area contributed by atoms with E-state index in [1.807, 2.05) is 0 Å². The number of rotatable bonds is 1. The third-order valence-electron chi connectivity index (χ3n) is 1.18. The van der Waals surface area contributed by atoms with Gasteiger partial charge in [0.2, 0.25) is 0 Å². The van der Waals surface area contributed by atoms with Gasteiger partial charge in [-0.15, -0.1) is 0 Å². The van der Waals surface area contributed by atoms with Crippen molar-refractivity contribution in [2.45, 2.75) is 26.0 Å². The molecule has 0 aromatic rings. The van der Waals surface area contributed by atoms with E-state index in [0.717, 1.165) is 0 Å². The quantitative estimate of drug-likeness (QED) is 0.579. The minimum atomic E-state index is -2.27. The lowest BCUT2D eigenvalue weighted by molar-refractivity contribution is -0.115. The summed E-state index contributed by atoms with van der Waals surface area (Å²) in [5.74, 6) is -0.360. The van der Waals surface area contributed by atoms with Gasteiger partial charge in [-0.05, 0) is 0 Å². The molecule has 0 rings (SSSR count). The van der Waals surface area contributed by atoms with E-state index in [4.69, 9.17) is 0 Å². The lowest BCUT2D eigenvalue weighted by Gasteiger charge is -2.04. The van der Waals surface area contributed by atoms with Crippen molar-refractivity contribution in [1.82, 2.24) is 0 Å². The highest BCUT2D eigenvalue weighted by Crippen LogP contribution is 2.00. The van der Waals surface area contributed by atoms with E-state index in [9.17, 15) is 9.00 Å². The third-order valence-corrected chi connectivity index (χ3v) is 3.55. The van der Waals surface area contributed by atoms with E-state index in [0.29, 0.717) is 0 Å². The van der Waals surface area contributed by atoms with E-state index < -0.39 is 9.73 Å². The van der Waals surface area contributed by atoms with E-state index in [1.165, 1.54) is 13.2 Å². The highest BCUT2D eigenvalue weighted by atomic mass is 32.2. The Bertz CT molecular complexity index is 236. The molecule has 0 saturated carbocycles. The summed E-state index contributed by atoms with van der Waals surface area (Å²) in [5, 5.41) is -0.0589. The van der Waals surface area contributed by atoms with E-state index >= 15 is 0 Å². The summed E-state index contributed by atoms with van der Waals surface area (Å²) in [5.41, 5.74) is 0. The van der Waals surface area contributed by atoms with Crippen LogP contribution in [-0.4, -0.2) is 21.6 Å². The zero-order valence-electron chi connectivity index (χ0n) is 6.75. The Labute approximate surface area is 62.0 Å². The lowest BCUT2D eigenvalue weighted by atomic mass is 10.6. The van der Waals surface area contributed by atoms with Crippen LogP contribution in [0.15, 0.2) is 4.36 Å². The molecule has 0 aliphatic carbocycles. The number of carbonyl (C=O) groups excluding carboxylic acids is 1. The Morgan fingerprint density at radius 2 is 1.90 bits per heavy atom. The van der Waals surface area contributed by atoms with Gasteiger partial charge in [0.05, 0.1) is 9.73 Å². The molecule has 10 heavy (non-hydrogen) atoms. The molecule has 0 aromatic heterocycles. The van der Waals surface area contributed by atoms with Crippen molar-refractivity contribution in [1.29, 1.82) is 0 Å². The maximum absolute atomic E-state index is 11.3. The van der Waals surface area contributed by atoms with Crippen LogP contribution in [-0.2, 0) is 14.5 Å². The number of amides is 1. The van der Waals surface area contributed by atoms with Crippen molar-refractivity contribution in [3.63, 3.8) is 0 Å². The Morgan fingerprint density at radius 3 is 2.00 bits per heavy atom. The van der Waals surface area contributed by atoms with Crippen LogP contribution >= 0.6 is 0 Å². The summed E-state index contributed by atoms with van der Waals surface area (Å²) in [6.07, 6.45) is 1.50. The highest BCUT2D eigenvalue weighted by Gasteiger charge is 2.07. The predicted octanol–water partition coefficient (Wildman–Crippen LogP) is 1.04. The normalized spacial score (nSPS) is 16.5. The average Bonchev–Trinajstić information content (AvgIpc) is 1.60. The van der Waals surface area contributed by atoms with Crippen molar-refractivity contribution >= 4 is 15.6 Å². The van der Waals surface area contributed by atoms with Gasteiger partial charge in [0, 0.05) is 18.4 Å². The summed E-state index contributed by atoms with van der Waals surface area (Å²) < 4.78 is 14.8. The van der Waals surface area contributed by atoms with Gasteiger partial charge in [-0.2, -0.15) is 4.36 Å². The second kappa shape index (κ2) is 3.14. The zero-order chi connectivity index (χ0) is 8.36. The van der Waals surface area contributed by atoms with Gasteiger partial charge < -0.3 is 0 Å². The first-order valence-corrected chi connectivity index (χ1v) is 5.06. The molecule has 0 radical (unpaired) electrons. The number of carbonyl (C=O) groups is 1. The number of nitrogens with zero attached hydrogens (tertiary/aromatic N) is 1. The fraction of sp³-hybridized carbons (Fsp3) is 0.833. The molecule has 0 fully saturated rings. The molecule has 0 spiro atoms. The highest BCUT2D eigenvalue weighted by molar-refractivity contribution is 7.93. The third kappa shape index (κ3) is 2.96. The molecule has 1 amide bonds. The zero-order valence-corrected chi connectivity index (χ0v) is 7.57. The summed E-state index contributed by atoms with van der Waals surface area (Å²) in [7, 11) is -2.27. The van der Waals surface area contributed by atoms with Crippen molar-refractivity contribution in [2.24, 2.45) is 4.36 Å². The van der Waals surface area contributed by atoms with Crippen molar-refractivity contribution in [3.05, 3.63) is 0 Å². The molecule has 0 saturated heterocycles. The van der Waals surface area contributed by atoms with Gasteiger partial charge in [0.25, 0.3) is 5.91 Å². The molecular weight excluding hydrogens is 150 g/mol. The van der Waals surface area contributed by atoms with Gasteiger partial charge in [-0.1, -0.05) is 13.8 Å². The monoisotopic (exact) mass is 163 g/mol. The molecule has 60 valence electrons. The SMILES string of the molecule is CC(=O)N=S(C)(=O)C(C)C. The first-order chi connectivity index (χ1) is 4.36. The van der Waals surface area contributed by atoms with Crippen LogP contribution in [0.1, 0.15) is 20.8 Å². The Hall–Kier alpha value is -0.380. The van der Waals surface area contributed by atoms with Crippen molar-refractivity contribution < 1.29 is 9.00 Å². The lowest BCUT2D eigenvalue weighted by Crippen LogP contribution is -2.12. The van der Waals surface area contributed by atoms with Crippen LogP contribution in [0.25, 0.3) is 0 Å². The van der Waals surface area contributed by atoms with Crippen LogP contribution in [0.5, 0.6) is 0 Å². The van der Waals surface area contributed by atoms with Crippen LogP contribution in [0.3, 0.4) is 0 Å². The van der Waals surface area contributed by atoms with Crippen molar-refractivity contribution in [2.75, 3.05) is 6.26 Å². The molecule has 0 aliphatic heterocycles. The summed E-state index contributed by atoms with van der Waals surface area (Å²) >= 11 is 0. The summed E-state index contributed by atoms with van der Waals surface area (Å²) in [6.45, 7) is 4.88. The van der Waals surface area contributed by atoms with Crippen LogP contribution in [0.2, 0.25) is 0 Å². The molecular formula is C6H13NO2S. The average molecular weight is 163 g/mol. The van der Waals surface area contributed by atoms with E-state index in [1.54, 1.807) is 13.8 Å². The molecule has 1 unspecified atom stereocenters. The molecule has 0 bridgehead atoms. The van der Waals surface area contributed by atoms with Crippen molar-refractivity contribution in [3.8, 4) is 0 Å². The van der Waals surface area contributed by atoms with Crippen LogP contribution in [0.4, 0.5) is 0 Å². The maximum atomic E-state index is 11.3. The number of hydrogen-bond donors (Lipinski definition) is 0. The Kier molecular flexibility index (Phi) is 3.02. The molecule has 1 atom stereocenters. The summed E-state index contributed by atoms with van der Waals surface area (Å²) in [6, 6.07) is 0. The minimum absolute atomic E-state index is 0.0589. The van der Waals surface area contributed by atoms with Gasteiger partial charge in [-0.3, -0.25) is 4.79 Å². The molecule has 0 N–H and O–H groups in total. The topological polar surface area (TPSA) is 46.5 Å². The maximum Gasteiger partial charge on any atom is 0.250 e. The summed E-state index contributed by atoms with van der Waals surface area (Å²) in [4.78, 5) is 10.4. The van der Waals surface area contributed by atoms with Gasteiger partial charge in [0.1, 0.15) is 0 Å². The first kappa shape index (κ1) is 9.62. The molecule has 0 aromatic carbocycles. The van der Waals surface area contributed by atoms with Crippen LogP contribution < -0.4 is 0 Å². The molecule has 3 nitrogen and oxygen atoms in total. The van der Waals surface area contributed by atoms with Gasteiger partial charge in [-0.25, -0.2) is 4.21 Å².